The molecule has 0 spiro atoms. The fraction of sp³-hybridized carbons (Fsp3) is 0.818. The number of rotatable bonds is 4. The van der Waals surface area contributed by atoms with Crippen LogP contribution in [0.25, 0.3) is 0 Å². The molecule has 0 aromatic heterocycles. The zero-order chi connectivity index (χ0) is 11.1. The molecule has 1 amide bonds. The number of amides is 1. The van der Waals surface area contributed by atoms with Gasteiger partial charge < -0.3 is 10.2 Å². The van der Waals surface area contributed by atoms with Gasteiger partial charge in [0.1, 0.15) is 0 Å². The van der Waals surface area contributed by atoms with E-state index in [2.05, 4.69) is 18.3 Å². The van der Waals surface area contributed by atoms with Crippen LogP contribution in [0.1, 0.15) is 32.6 Å². The Morgan fingerprint density at radius 2 is 2.47 bits per heavy atom. The molecule has 0 aliphatic carbocycles. The van der Waals surface area contributed by atoms with Crippen LogP contribution in [-0.4, -0.2) is 36.5 Å². The second-order valence-corrected chi connectivity index (χ2v) is 3.90. The van der Waals surface area contributed by atoms with Gasteiger partial charge in [-0.3, -0.25) is 4.79 Å². The highest BCUT2D eigenvalue weighted by Crippen LogP contribution is 2.06. The van der Waals surface area contributed by atoms with Crippen LogP contribution in [0.3, 0.4) is 0 Å². The molecule has 1 fully saturated rings. The quantitative estimate of drug-likeness (QED) is 0.748. The largest absolute Gasteiger partial charge is 0.341 e. The monoisotopic (exact) mass is 209 g/mol. The summed E-state index contributed by atoms with van der Waals surface area (Å²) in [6.07, 6.45) is 3.41. The van der Waals surface area contributed by atoms with E-state index in [1.54, 1.807) is 0 Å². The van der Waals surface area contributed by atoms with Crippen molar-refractivity contribution >= 4 is 5.91 Å². The summed E-state index contributed by atoms with van der Waals surface area (Å²) in [4.78, 5) is 13.8. The molecule has 0 radical (unpaired) electrons. The molecule has 0 saturated carbocycles. The Morgan fingerprint density at radius 1 is 1.67 bits per heavy atom. The van der Waals surface area contributed by atoms with Crippen LogP contribution in [-0.2, 0) is 4.79 Å². The van der Waals surface area contributed by atoms with Gasteiger partial charge >= 0.3 is 0 Å². The number of nitriles is 1. The molecule has 0 aromatic carbocycles. The molecule has 1 rings (SSSR count). The summed E-state index contributed by atoms with van der Waals surface area (Å²) in [5.41, 5.74) is 0. The first-order chi connectivity index (χ1) is 7.29. The Bertz CT molecular complexity index is 247. The first kappa shape index (κ1) is 12.0. The van der Waals surface area contributed by atoms with Gasteiger partial charge in [-0.05, 0) is 19.4 Å². The van der Waals surface area contributed by atoms with Crippen molar-refractivity contribution < 1.29 is 4.79 Å². The van der Waals surface area contributed by atoms with Gasteiger partial charge in [-0.25, -0.2) is 0 Å². The molecule has 1 N–H and O–H groups in total. The SMILES string of the molecule is CCCCN1CCCNC(CC#N)C1=O. The van der Waals surface area contributed by atoms with Crippen LogP contribution < -0.4 is 5.32 Å². The minimum absolute atomic E-state index is 0.0995. The van der Waals surface area contributed by atoms with Crippen LogP contribution in [0.2, 0.25) is 0 Å². The van der Waals surface area contributed by atoms with Gasteiger partial charge in [-0.15, -0.1) is 0 Å². The average molecular weight is 209 g/mol. The van der Waals surface area contributed by atoms with E-state index in [9.17, 15) is 4.79 Å². The number of nitrogens with zero attached hydrogens (tertiary/aromatic N) is 2. The number of hydrogen-bond donors (Lipinski definition) is 1. The van der Waals surface area contributed by atoms with Crippen molar-refractivity contribution in [2.24, 2.45) is 0 Å². The standard InChI is InChI=1S/C11H19N3O/c1-2-3-8-14-9-4-7-13-10(5-6-12)11(14)15/h10,13H,2-5,7-9H2,1H3. The summed E-state index contributed by atoms with van der Waals surface area (Å²) in [5.74, 6) is 0.0995. The highest BCUT2D eigenvalue weighted by Gasteiger charge is 2.25. The van der Waals surface area contributed by atoms with Crippen molar-refractivity contribution in [1.82, 2.24) is 10.2 Å². The topological polar surface area (TPSA) is 56.1 Å². The van der Waals surface area contributed by atoms with Crippen molar-refractivity contribution in [2.75, 3.05) is 19.6 Å². The van der Waals surface area contributed by atoms with E-state index in [1.807, 2.05) is 4.90 Å². The first-order valence-electron chi connectivity index (χ1n) is 5.68. The van der Waals surface area contributed by atoms with E-state index in [0.717, 1.165) is 38.9 Å². The molecule has 1 saturated heterocycles. The fourth-order valence-electron chi connectivity index (χ4n) is 1.79. The molecule has 1 aliphatic rings. The molecule has 0 bridgehead atoms. The minimum Gasteiger partial charge on any atom is -0.341 e. The van der Waals surface area contributed by atoms with Crippen LogP contribution in [0, 0.1) is 11.3 Å². The molecule has 4 nitrogen and oxygen atoms in total. The zero-order valence-corrected chi connectivity index (χ0v) is 9.33. The van der Waals surface area contributed by atoms with E-state index in [-0.39, 0.29) is 18.4 Å². The van der Waals surface area contributed by atoms with E-state index in [4.69, 9.17) is 5.26 Å². The third-order valence-corrected chi connectivity index (χ3v) is 2.68. The van der Waals surface area contributed by atoms with Crippen molar-refractivity contribution in [3.8, 4) is 6.07 Å². The average Bonchev–Trinajstić information content (AvgIpc) is 2.41. The van der Waals surface area contributed by atoms with Crippen molar-refractivity contribution in [1.29, 1.82) is 5.26 Å². The van der Waals surface area contributed by atoms with Gasteiger partial charge in [-0.2, -0.15) is 5.26 Å². The number of hydrogen-bond acceptors (Lipinski definition) is 3. The molecule has 1 unspecified atom stereocenters. The van der Waals surface area contributed by atoms with Gasteiger partial charge in [0.15, 0.2) is 0 Å². The lowest BCUT2D eigenvalue weighted by atomic mass is 10.2. The molecule has 15 heavy (non-hydrogen) atoms. The minimum atomic E-state index is -0.283. The Labute approximate surface area is 91.2 Å². The van der Waals surface area contributed by atoms with Gasteiger partial charge in [0.05, 0.1) is 18.5 Å². The van der Waals surface area contributed by atoms with Crippen LogP contribution in [0.4, 0.5) is 0 Å². The summed E-state index contributed by atoms with van der Waals surface area (Å²) >= 11 is 0. The summed E-state index contributed by atoms with van der Waals surface area (Å²) in [6, 6.07) is 1.78. The Kier molecular flexibility index (Phi) is 5.13. The Morgan fingerprint density at radius 3 is 3.13 bits per heavy atom. The van der Waals surface area contributed by atoms with Crippen molar-refractivity contribution in [2.45, 2.75) is 38.6 Å². The van der Waals surface area contributed by atoms with Gasteiger partial charge in [0.2, 0.25) is 5.91 Å². The van der Waals surface area contributed by atoms with Crippen LogP contribution in [0.5, 0.6) is 0 Å². The fourth-order valence-corrected chi connectivity index (χ4v) is 1.79. The maximum absolute atomic E-state index is 12.0. The van der Waals surface area contributed by atoms with Crippen LogP contribution >= 0.6 is 0 Å². The molecule has 0 aromatic rings. The number of carbonyl (C=O) groups excluding carboxylic acids is 1. The number of nitrogens with one attached hydrogen (secondary N) is 1. The summed E-state index contributed by atoms with van der Waals surface area (Å²) in [6.45, 7) is 4.61. The van der Waals surface area contributed by atoms with E-state index < -0.39 is 0 Å². The maximum Gasteiger partial charge on any atom is 0.240 e. The molecule has 84 valence electrons. The summed E-state index contributed by atoms with van der Waals surface area (Å²) < 4.78 is 0. The number of unbranched alkanes of at least 4 members (excludes halogenated alkanes) is 1. The Hall–Kier alpha value is -1.08. The molecular formula is C11H19N3O. The second-order valence-electron chi connectivity index (χ2n) is 3.90. The molecule has 4 heteroatoms. The Balaban J connectivity index is 2.54. The highest BCUT2D eigenvalue weighted by molar-refractivity contribution is 5.82. The van der Waals surface area contributed by atoms with Gasteiger partial charge in [0.25, 0.3) is 0 Å². The molecule has 1 aliphatic heterocycles. The van der Waals surface area contributed by atoms with E-state index in [0.29, 0.717) is 0 Å². The lowest BCUT2D eigenvalue weighted by Crippen LogP contribution is -2.43. The normalized spacial score (nSPS) is 22.3. The van der Waals surface area contributed by atoms with E-state index in [1.165, 1.54) is 0 Å². The molecular weight excluding hydrogens is 190 g/mol. The lowest BCUT2D eigenvalue weighted by molar-refractivity contribution is -0.132. The third-order valence-electron chi connectivity index (χ3n) is 2.68. The highest BCUT2D eigenvalue weighted by atomic mass is 16.2. The number of carbonyl (C=O) groups is 1. The smallest absolute Gasteiger partial charge is 0.240 e. The lowest BCUT2D eigenvalue weighted by Gasteiger charge is -2.22. The second kappa shape index (κ2) is 6.41. The summed E-state index contributed by atoms with van der Waals surface area (Å²) in [5, 5.41) is 11.8. The first-order valence-corrected chi connectivity index (χ1v) is 5.68. The predicted molar refractivity (Wildman–Crippen MR) is 58.1 cm³/mol. The predicted octanol–water partition coefficient (Wildman–Crippen LogP) is 0.891. The van der Waals surface area contributed by atoms with Crippen molar-refractivity contribution in [3.05, 3.63) is 0 Å². The maximum atomic E-state index is 12.0. The van der Waals surface area contributed by atoms with E-state index >= 15 is 0 Å². The zero-order valence-electron chi connectivity index (χ0n) is 9.33. The van der Waals surface area contributed by atoms with Crippen LogP contribution in [0.15, 0.2) is 0 Å². The van der Waals surface area contributed by atoms with Gasteiger partial charge in [-0.1, -0.05) is 13.3 Å². The third kappa shape index (κ3) is 3.52. The summed E-state index contributed by atoms with van der Waals surface area (Å²) in [7, 11) is 0. The van der Waals surface area contributed by atoms with Crippen molar-refractivity contribution in [3.63, 3.8) is 0 Å². The van der Waals surface area contributed by atoms with Gasteiger partial charge in [0, 0.05) is 13.1 Å². The molecule has 1 atom stereocenters. The molecule has 1 heterocycles.